The SMILES string of the molecule is COC(=O)CCCSc1nnc(SC)s1. The van der Waals surface area contributed by atoms with Crippen LogP contribution in [0.1, 0.15) is 12.8 Å². The summed E-state index contributed by atoms with van der Waals surface area (Å²) in [6.07, 6.45) is 3.26. The first kappa shape index (κ1) is 12.8. The zero-order valence-corrected chi connectivity index (χ0v) is 11.0. The molecule has 7 heteroatoms. The van der Waals surface area contributed by atoms with Gasteiger partial charge in [0.25, 0.3) is 0 Å². The van der Waals surface area contributed by atoms with Gasteiger partial charge in [0.1, 0.15) is 0 Å². The maximum atomic E-state index is 10.8. The monoisotopic (exact) mass is 264 g/mol. The minimum Gasteiger partial charge on any atom is -0.469 e. The van der Waals surface area contributed by atoms with Gasteiger partial charge in [0.15, 0.2) is 8.68 Å². The number of nitrogens with zero attached hydrogens (tertiary/aromatic N) is 2. The van der Waals surface area contributed by atoms with Crippen molar-refractivity contribution in [1.29, 1.82) is 0 Å². The Morgan fingerprint density at radius 3 is 2.80 bits per heavy atom. The molecule has 1 aromatic rings. The van der Waals surface area contributed by atoms with Crippen LogP contribution in [0.2, 0.25) is 0 Å². The summed E-state index contributed by atoms with van der Waals surface area (Å²) in [6, 6.07) is 0. The Balaban J connectivity index is 2.17. The summed E-state index contributed by atoms with van der Waals surface area (Å²) in [5.41, 5.74) is 0. The van der Waals surface area contributed by atoms with Crippen LogP contribution in [0.5, 0.6) is 0 Å². The van der Waals surface area contributed by atoms with Gasteiger partial charge in [0.2, 0.25) is 0 Å². The summed E-state index contributed by atoms with van der Waals surface area (Å²) in [4.78, 5) is 10.8. The Labute approximate surface area is 101 Å². The van der Waals surface area contributed by atoms with E-state index < -0.39 is 0 Å². The van der Waals surface area contributed by atoms with Gasteiger partial charge in [-0.25, -0.2) is 0 Å². The highest BCUT2D eigenvalue weighted by Crippen LogP contribution is 2.27. The zero-order valence-electron chi connectivity index (χ0n) is 8.56. The van der Waals surface area contributed by atoms with E-state index in [0.717, 1.165) is 20.9 Å². The summed E-state index contributed by atoms with van der Waals surface area (Å²) in [7, 11) is 1.41. The van der Waals surface area contributed by atoms with E-state index in [1.54, 1.807) is 34.9 Å². The number of aromatic nitrogens is 2. The highest BCUT2D eigenvalue weighted by molar-refractivity contribution is 8.02. The molecular formula is C8H12N2O2S3. The highest BCUT2D eigenvalue weighted by atomic mass is 32.2. The summed E-state index contributed by atoms with van der Waals surface area (Å²) in [5.74, 6) is 0.718. The molecule has 0 unspecified atom stereocenters. The molecule has 0 saturated heterocycles. The largest absolute Gasteiger partial charge is 0.469 e. The van der Waals surface area contributed by atoms with Gasteiger partial charge in [-0.05, 0) is 12.7 Å². The normalized spacial score (nSPS) is 10.3. The molecule has 84 valence electrons. The second-order valence-electron chi connectivity index (χ2n) is 2.57. The van der Waals surface area contributed by atoms with Crippen molar-refractivity contribution in [2.75, 3.05) is 19.1 Å². The standard InChI is InChI=1S/C8H12N2O2S3/c1-12-6(11)4-3-5-14-8-10-9-7(13-2)15-8/h3-5H2,1-2H3. The van der Waals surface area contributed by atoms with Crippen molar-refractivity contribution >= 4 is 40.8 Å². The lowest BCUT2D eigenvalue weighted by Crippen LogP contribution is -1.99. The number of hydrogen-bond acceptors (Lipinski definition) is 7. The van der Waals surface area contributed by atoms with Crippen LogP contribution in [-0.4, -0.2) is 35.3 Å². The number of esters is 1. The van der Waals surface area contributed by atoms with Gasteiger partial charge >= 0.3 is 5.97 Å². The predicted molar refractivity (Wildman–Crippen MR) is 63.7 cm³/mol. The first-order valence-corrected chi connectivity index (χ1v) is 7.36. The van der Waals surface area contributed by atoms with Crippen molar-refractivity contribution in [2.45, 2.75) is 21.5 Å². The van der Waals surface area contributed by atoms with Crippen LogP contribution in [0.3, 0.4) is 0 Å². The van der Waals surface area contributed by atoms with E-state index in [4.69, 9.17) is 0 Å². The number of carbonyl (C=O) groups is 1. The zero-order chi connectivity index (χ0) is 11.1. The van der Waals surface area contributed by atoms with Crippen molar-refractivity contribution in [3.63, 3.8) is 0 Å². The number of rotatable bonds is 6. The molecule has 0 aliphatic rings. The second kappa shape index (κ2) is 7.08. The minimum atomic E-state index is -0.155. The Hall–Kier alpha value is -0.270. The Kier molecular flexibility index (Phi) is 6.04. The molecule has 0 aliphatic carbocycles. The van der Waals surface area contributed by atoms with E-state index in [0.29, 0.717) is 6.42 Å². The van der Waals surface area contributed by atoms with E-state index in [1.165, 1.54) is 7.11 Å². The summed E-state index contributed by atoms with van der Waals surface area (Å²) in [6.45, 7) is 0. The van der Waals surface area contributed by atoms with Crippen molar-refractivity contribution in [3.8, 4) is 0 Å². The predicted octanol–water partition coefficient (Wildman–Crippen LogP) is 2.31. The third-order valence-electron chi connectivity index (χ3n) is 1.54. The topological polar surface area (TPSA) is 52.1 Å². The molecule has 1 heterocycles. The van der Waals surface area contributed by atoms with Crippen molar-refractivity contribution in [3.05, 3.63) is 0 Å². The number of methoxy groups -OCH3 is 1. The maximum Gasteiger partial charge on any atom is 0.305 e. The summed E-state index contributed by atoms with van der Waals surface area (Å²) in [5, 5.41) is 8.00. The van der Waals surface area contributed by atoms with Crippen LogP contribution in [0.15, 0.2) is 8.68 Å². The van der Waals surface area contributed by atoms with Crippen LogP contribution < -0.4 is 0 Å². The van der Waals surface area contributed by atoms with E-state index in [2.05, 4.69) is 14.9 Å². The second-order valence-corrected chi connectivity index (χ2v) is 5.94. The fourth-order valence-corrected chi connectivity index (χ4v) is 3.26. The molecule has 4 nitrogen and oxygen atoms in total. The Bertz CT molecular complexity index is 317. The first-order valence-electron chi connectivity index (χ1n) is 4.33. The van der Waals surface area contributed by atoms with E-state index >= 15 is 0 Å². The lowest BCUT2D eigenvalue weighted by molar-refractivity contribution is -0.140. The van der Waals surface area contributed by atoms with Crippen LogP contribution >= 0.6 is 34.9 Å². The lowest BCUT2D eigenvalue weighted by Gasteiger charge is -1.97. The Morgan fingerprint density at radius 1 is 1.47 bits per heavy atom. The molecule has 0 aromatic carbocycles. The average Bonchev–Trinajstić information content (AvgIpc) is 2.72. The number of thioether (sulfide) groups is 2. The molecule has 0 aliphatic heterocycles. The van der Waals surface area contributed by atoms with E-state index in [9.17, 15) is 4.79 Å². The van der Waals surface area contributed by atoms with Gasteiger partial charge in [0, 0.05) is 12.2 Å². The third kappa shape index (κ3) is 4.85. The smallest absolute Gasteiger partial charge is 0.305 e. The highest BCUT2D eigenvalue weighted by Gasteiger charge is 2.04. The van der Waals surface area contributed by atoms with Crippen LogP contribution in [0, 0.1) is 0 Å². The molecule has 0 fully saturated rings. The van der Waals surface area contributed by atoms with Crippen molar-refractivity contribution in [2.24, 2.45) is 0 Å². The molecule has 0 bridgehead atoms. The average molecular weight is 264 g/mol. The molecule has 15 heavy (non-hydrogen) atoms. The van der Waals surface area contributed by atoms with Crippen molar-refractivity contribution in [1.82, 2.24) is 10.2 Å². The van der Waals surface area contributed by atoms with Crippen LogP contribution in [0.4, 0.5) is 0 Å². The van der Waals surface area contributed by atoms with Gasteiger partial charge in [-0.2, -0.15) is 0 Å². The lowest BCUT2D eigenvalue weighted by atomic mass is 10.3. The van der Waals surface area contributed by atoms with Gasteiger partial charge in [-0.3, -0.25) is 4.79 Å². The third-order valence-corrected chi connectivity index (χ3v) is 4.66. The van der Waals surface area contributed by atoms with Gasteiger partial charge in [-0.1, -0.05) is 34.9 Å². The van der Waals surface area contributed by atoms with Gasteiger partial charge in [0.05, 0.1) is 7.11 Å². The Morgan fingerprint density at radius 2 is 2.20 bits per heavy atom. The van der Waals surface area contributed by atoms with Crippen molar-refractivity contribution < 1.29 is 9.53 Å². The summed E-state index contributed by atoms with van der Waals surface area (Å²) >= 11 is 4.81. The minimum absolute atomic E-state index is 0.155. The van der Waals surface area contributed by atoms with Crippen LogP contribution in [0.25, 0.3) is 0 Å². The number of ether oxygens (including phenoxy) is 1. The van der Waals surface area contributed by atoms with Crippen LogP contribution in [-0.2, 0) is 9.53 Å². The van der Waals surface area contributed by atoms with Gasteiger partial charge < -0.3 is 4.74 Å². The van der Waals surface area contributed by atoms with E-state index in [1.807, 2.05) is 6.26 Å². The van der Waals surface area contributed by atoms with Gasteiger partial charge in [-0.15, -0.1) is 10.2 Å². The maximum absolute atomic E-state index is 10.8. The molecular weight excluding hydrogens is 252 g/mol. The summed E-state index contributed by atoms with van der Waals surface area (Å²) < 4.78 is 6.49. The first-order chi connectivity index (χ1) is 7.26. The number of carbonyl (C=O) groups excluding carboxylic acids is 1. The molecule has 0 atom stereocenters. The number of hydrogen-bond donors (Lipinski definition) is 0. The molecule has 1 aromatic heterocycles. The quantitative estimate of drug-likeness (QED) is 0.446. The molecule has 0 radical (unpaired) electrons. The van der Waals surface area contributed by atoms with E-state index in [-0.39, 0.29) is 5.97 Å². The fourth-order valence-electron chi connectivity index (χ4n) is 0.816. The molecule has 0 saturated carbocycles. The molecule has 1 rings (SSSR count). The molecule has 0 N–H and O–H groups in total. The molecule has 0 spiro atoms. The fraction of sp³-hybridized carbons (Fsp3) is 0.625. The molecule has 0 amide bonds.